The van der Waals surface area contributed by atoms with Crippen molar-refractivity contribution in [2.75, 3.05) is 0 Å². The van der Waals surface area contributed by atoms with Crippen LogP contribution in [0, 0.1) is 0 Å². The van der Waals surface area contributed by atoms with E-state index >= 15 is 0 Å². The van der Waals surface area contributed by atoms with Crippen LogP contribution < -0.4 is 0 Å². The molecule has 1 unspecified atom stereocenters. The van der Waals surface area contributed by atoms with Crippen LogP contribution in [0.5, 0.6) is 0 Å². The Morgan fingerprint density at radius 1 is 1.03 bits per heavy atom. The summed E-state index contributed by atoms with van der Waals surface area (Å²) in [7, 11) is 0. The van der Waals surface area contributed by atoms with Gasteiger partial charge in [0.1, 0.15) is 6.04 Å². The Morgan fingerprint density at radius 3 is 2.47 bits per heavy atom. The third-order valence-corrected chi connectivity index (χ3v) is 5.99. The maximum absolute atomic E-state index is 12.7. The number of hydrogen-bond donors (Lipinski definition) is 2. The number of nitrogens with zero attached hydrogens (tertiary/aromatic N) is 4. The first-order valence-corrected chi connectivity index (χ1v) is 11.4. The maximum Gasteiger partial charge on any atom is 0.326 e. The summed E-state index contributed by atoms with van der Waals surface area (Å²) in [5, 5.41) is 25.8. The molecule has 3 aromatic carbocycles. The molecular weight excluding hydrogens is 430 g/mol. The monoisotopic (exact) mass is 457 g/mol. The number of carbonyl (C=O) groups is 2. The first-order valence-electron chi connectivity index (χ1n) is 11.4. The lowest BCUT2D eigenvalue weighted by molar-refractivity contribution is -0.150. The van der Waals surface area contributed by atoms with Gasteiger partial charge in [0.15, 0.2) is 5.82 Å². The lowest BCUT2D eigenvalue weighted by Gasteiger charge is -2.27. The van der Waals surface area contributed by atoms with Gasteiger partial charge < -0.3 is 10.0 Å². The summed E-state index contributed by atoms with van der Waals surface area (Å²) in [5.74, 6) is -0.534. The third kappa shape index (κ3) is 4.96. The van der Waals surface area contributed by atoms with E-state index in [-0.39, 0.29) is 12.5 Å². The van der Waals surface area contributed by atoms with Crippen molar-refractivity contribution in [3.05, 3.63) is 66.2 Å². The van der Waals surface area contributed by atoms with Gasteiger partial charge in [0.25, 0.3) is 0 Å². The average molecular weight is 458 g/mol. The van der Waals surface area contributed by atoms with Crippen LogP contribution in [-0.4, -0.2) is 48.5 Å². The zero-order valence-corrected chi connectivity index (χ0v) is 19.2. The zero-order valence-electron chi connectivity index (χ0n) is 19.2. The second-order valence-electron chi connectivity index (χ2n) is 8.33. The fourth-order valence-corrected chi connectivity index (χ4v) is 4.02. The number of rotatable bonds is 9. The van der Waals surface area contributed by atoms with Crippen LogP contribution in [0.25, 0.3) is 33.3 Å². The van der Waals surface area contributed by atoms with Gasteiger partial charge in [-0.1, -0.05) is 61.9 Å². The standard InChI is InChI=1S/C26H27N5O3/c1-3-4-9-24(32)31(17(2)26(33)34)16-18-10-11-20-15-21(13-12-19(20)14-18)22-7-5-6-8-23(22)25-27-29-30-28-25/h5-8,10-15,17H,3-4,9,16H2,1-2H3,(H,33,34)(H,27,28,29,30). The number of fused-ring (bicyclic) bond motifs is 1. The minimum atomic E-state index is -1.00. The number of aliphatic carboxylic acids is 1. The number of H-pyrrole nitrogens is 1. The summed E-state index contributed by atoms with van der Waals surface area (Å²) < 4.78 is 0. The van der Waals surface area contributed by atoms with E-state index in [4.69, 9.17) is 0 Å². The fraction of sp³-hybridized carbons (Fsp3) is 0.269. The number of amides is 1. The summed E-state index contributed by atoms with van der Waals surface area (Å²) in [4.78, 5) is 25.7. The summed E-state index contributed by atoms with van der Waals surface area (Å²) in [6.45, 7) is 3.83. The summed E-state index contributed by atoms with van der Waals surface area (Å²) in [6, 6.07) is 19.2. The van der Waals surface area contributed by atoms with Gasteiger partial charge in [-0.25, -0.2) is 9.89 Å². The van der Waals surface area contributed by atoms with E-state index in [1.807, 2.05) is 61.5 Å². The smallest absolute Gasteiger partial charge is 0.326 e. The van der Waals surface area contributed by atoms with E-state index in [9.17, 15) is 14.7 Å². The molecule has 8 heteroatoms. The van der Waals surface area contributed by atoms with Crippen molar-refractivity contribution in [2.24, 2.45) is 0 Å². The Bertz CT molecular complexity index is 1300. The van der Waals surface area contributed by atoms with Crippen molar-refractivity contribution in [1.29, 1.82) is 0 Å². The number of nitrogens with one attached hydrogen (secondary N) is 1. The molecule has 0 spiro atoms. The molecule has 34 heavy (non-hydrogen) atoms. The number of tetrazole rings is 1. The van der Waals surface area contributed by atoms with Crippen LogP contribution in [0.3, 0.4) is 0 Å². The molecule has 0 bridgehead atoms. The number of hydrogen-bond acceptors (Lipinski definition) is 5. The van der Waals surface area contributed by atoms with Gasteiger partial charge in [0, 0.05) is 18.5 Å². The zero-order chi connectivity index (χ0) is 24.1. The summed E-state index contributed by atoms with van der Waals surface area (Å²) in [5.41, 5.74) is 3.84. The number of carboxylic acids is 1. The van der Waals surface area contributed by atoms with Crippen LogP contribution in [-0.2, 0) is 16.1 Å². The average Bonchev–Trinajstić information content (AvgIpc) is 3.40. The number of benzene rings is 3. The molecule has 0 aliphatic heterocycles. The van der Waals surface area contributed by atoms with E-state index in [0.29, 0.717) is 12.2 Å². The van der Waals surface area contributed by atoms with Crippen molar-refractivity contribution < 1.29 is 14.7 Å². The van der Waals surface area contributed by atoms with Gasteiger partial charge in [0.2, 0.25) is 5.91 Å². The molecule has 1 aromatic heterocycles. The molecule has 4 rings (SSSR count). The van der Waals surface area contributed by atoms with Crippen molar-refractivity contribution >= 4 is 22.6 Å². The molecule has 1 heterocycles. The molecule has 0 fully saturated rings. The van der Waals surface area contributed by atoms with Gasteiger partial charge in [-0.3, -0.25) is 4.79 Å². The lowest BCUT2D eigenvalue weighted by Crippen LogP contribution is -2.42. The van der Waals surface area contributed by atoms with Crippen molar-refractivity contribution in [3.63, 3.8) is 0 Å². The quantitative estimate of drug-likeness (QED) is 0.377. The molecular formula is C26H27N5O3. The molecule has 0 saturated heterocycles. The van der Waals surface area contributed by atoms with E-state index in [1.54, 1.807) is 6.92 Å². The molecule has 2 N–H and O–H groups in total. The minimum Gasteiger partial charge on any atom is -0.480 e. The maximum atomic E-state index is 12.7. The number of carboxylic acid groups (broad SMARTS) is 1. The number of aromatic nitrogens is 4. The van der Waals surface area contributed by atoms with Gasteiger partial charge in [-0.05, 0) is 63.4 Å². The highest BCUT2D eigenvalue weighted by Gasteiger charge is 2.25. The van der Waals surface area contributed by atoms with Crippen LogP contribution in [0.1, 0.15) is 38.7 Å². The molecule has 1 atom stereocenters. The van der Waals surface area contributed by atoms with E-state index < -0.39 is 12.0 Å². The largest absolute Gasteiger partial charge is 0.480 e. The normalized spacial score (nSPS) is 11.9. The first-order chi connectivity index (χ1) is 16.5. The van der Waals surface area contributed by atoms with Crippen LogP contribution in [0.15, 0.2) is 60.7 Å². The molecule has 4 aromatic rings. The van der Waals surface area contributed by atoms with Crippen molar-refractivity contribution in [1.82, 2.24) is 25.5 Å². The Hall–Kier alpha value is -4.07. The molecule has 8 nitrogen and oxygen atoms in total. The highest BCUT2D eigenvalue weighted by atomic mass is 16.4. The minimum absolute atomic E-state index is 0.134. The SMILES string of the molecule is CCCCC(=O)N(Cc1ccc2cc(-c3ccccc3-c3nnn[nH]3)ccc2c1)C(C)C(=O)O. The van der Waals surface area contributed by atoms with Gasteiger partial charge in [-0.2, -0.15) is 0 Å². The number of aromatic amines is 1. The number of unbranched alkanes of at least 4 members (excludes halogenated alkanes) is 1. The van der Waals surface area contributed by atoms with Crippen LogP contribution in [0.2, 0.25) is 0 Å². The highest BCUT2D eigenvalue weighted by Crippen LogP contribution is 2.32. The molecule has 1 amide bonds. The van der Waals surface area contributed by atoms with Crippen molar-refractivity contribution in [3.8, 4) is 22.5 Å². The Morgan fingerprint density at radius 2 is 1.76 bits per heavy atom. The molecule has 174 valence electrons. The highest BCUT2D eigenvalue weighted by molar-refractivity contribution is 5.91. The molecule has 0 radical (unpaired) electrons. The topological polar surface area (TPSA) is 112 Å². The van der Waals surface area contributed by atoms with Crippen LogP contribution in [0.4, 0.5) is 0 Å². The first kappa shape index (κ1) is 23.1. The predicted molar refractivity (Wildman–Crippen MR) is 130 cm³/mol. The Labute approximate surface area is 197 Å². The van der Waals surface area contributed by atoms with E-state index in [2.05, 4.69) is 26.7 Å². The molecule has 0 aliphatic rings. The molecule has 0 saturated carbocycles. The third-order valence-electron chi connectivity index (χ3n) is 5.99. The van der Waals surface area contributed by atoms with Gasteiger partial charge >= 0.3 is 5.97 Å². The van der Waals surface area contributed by atoms with Gasteiger partial charge in [-0.15, -0.1) is 5.10 Å². The summed E-state index contributed by atoms with van der Waals surface area (Å²) >= 11 is 0. The number of carbonyl (C=O) groups excluding carboxylic acids is 1. The second kappa shape index (κ2) is 10.2. The second-order valence-corrected chi connectivity index (χ2v) is 8.33. The van der Waals surface area contributed by atoms with Crippen LogP contribution >= 0.6 is 0 Å². The summed E-state index contributed by atoms with van der Waals surface area (Å²) in [6.07, 6.45) is 1.98. The van der Waals surface area contributed by atoms with Gasteiger partial charge in [0.05, 0.1) is 0 Å². The Kier molecular flexibility index (Phi) is 6.96. The predicted octanol–water partition coefficient (Wildman–Crippen LogP) is 4.68. The van der Waals surface area contributed by atoms with E-state index in [0.717, 1.165) is 45.9 Å². The van der Waals surface area contributed by atoms with E-state index in [1.165, 1.54) is 4.90 Å². The fourth-order valence-electron chi connectivity index (χ4n) is 4.02. The van der Waals surface area contributed by atoms with Crippen molar-refractivity contribution in [2.45, 2.75) is 45.7 Å². The lowest BCUT2D eigenvalue weighted by atomic mass is 9.96. The molecule has 0 aliphatic carbocycles. The Balaban J connectivity index is 1.63.